The molecule has 0 N–H and O–H groups in total. The Morgan fingerprint density at radius 2 is 1.83 bits per heavy atom. The molecule has 0 spiro atoms. The van der Waals surface area contributed by atoms with E-state index in [1.165, 1.54) is 6.07 Å². The van der Waals surface area contributed by atoms with Gasteiger partial charge >= 0.3 is 0 Å². The van der Waals surface area contributed by atoms with Crippen molar-refractivity contribution in [3.8, 4) is 0 Å². The molecule has 0 fully saturated rings. The number of halogens is 1. The summed E-state index contributed by atoms with van der Waals surface area (Å²) in [6.07, 6.45) is 0.906. The molecule has 1 aromatic carbocycles. The summed E-state index contributed by atoms with van der Waals surface area (Å²) in [5, 5.41) is 0. The van der Waals surface area contributed by atoms with E-state index < -0.39 is 0 Å². The number of benzene rings is 1. The Morgan fingerprint density at radius 1 is 1.25 bits per heavy atom. The third-order valence-corrected chi connectivity index (χ3v) is 1.76. The molecule has 1 heteroatoms. The zero-order chi connectivity index (χ0) is 9.56. The van der Waals surface area contributed by atoms with Gasteiger partial charge in [0.25, 0.3) is 0 Å². The van der Waals surface area contributed by atoms with Crippen molar-refractivity contribution < 1.29 is 4.39 Å². The van der Waals surface area contributed by atoms with Gasteiger partial charge in [0.05, 0.1) is 0 Å². The molecule has 1 aromatic rings. The lowest BCUT2D eigenvalue weighted by molar-refractivity contribution is 0.615. The second kappa shape index (κ2) is 5.76. The van der Waals surface area contributed by atoms with Gasteiger partial charge < -0.3 is 0 Å². The lowest BCUT2D eigenvalue weighted by Gasteiger charge is -2.01. The Balaban J connectivity index is 0.000000561. The van der Waals surface area contributed by atoms with Gasteiger partial charge in [-0.05, 0) is 30.5 Å². The molecule has 0 bridgehead atoms. The van der Waals surface area contributed by atoms with Crippen LogP contribution in [0, 0.1) is 12.7 Å². The smallest absolute Gasteiger partial charge is 0.126 e. The van der Waals surface area contributed by atoms with E-state index in [1.54, 1.807) is 6.07 Å². The summed E-state index contributed by atoms with van der Waals surface area (Å²) in [7, 11) is 0. The molecule has 0 saturated heterocycles. The SMILES string of the molecule is CC.CCc1cccc(F)c1C. The Labute approximate surface area is 74.4 Å². The maximum atomic E-state index is 12.8. The molecule has 0 amide bonds. The van der Waals surface area contributed by atoms with E-state index in [0.717, 1.165) is 17.5 Å². The molecule has 0 aliphatic carbocycles. The van der Waals surface area contributed by atoms with Crippen LogP contribution >= 0.6 is 0 Å². The predicted octanol–water partition coefficient (Wildman–Crippen LogP) is 3.72. The summed E-state index contributed by atoms with van der Waals surface area (Å²) in [6.45, 7) is 7.84. The fourth-order valence-electron chi connectivity index (χ4n) is 1.04. The van der Waals surface area contributed by atoms with Gasteiger partial charge in [0, 0.05) is 0 Å². The molecule has 68 valence electrons. The summed E-state index contributed by atoms with van der Waals surface area (Å²) < 4.78 is 12.8. The number of aryl methyl sites for hydroxylation is 1. The van der Waals surface area contributed by atoms with E-state index in [1.807, 2.05) is 33.8 Å². The quantitative estimate of drug-likeness (QED) is 0.599. The fourth-order valence-corrected chi connectivity index (χ4v) is 1.04. The molecule has 0 nitrogen and oxygen atoms in total. The van der Waals surface area contributed by atoms with E-state index in [-0.39, 0.29) is 5.82 Å². The Bertz CT molecular complexity index is 228. The van der Waals surface area contributed by atoms with E-state index in [2.05, 4.69) is 0 Å². The largest absolute Gasteiger partial charge is 0.207 e. The van der Waals surface area contributed by atoms with Gasteiger partial charge in [-0.2, -0.15) is 0 Å². The highest BCUT2D eigenvalue weighted by Gasteiger charge is 1.98. The first-order valence-electron chi connectivity index (χ1n) is 4.49. The summed E-state index contributed by atoms with van der Waals surface area (Å²) in [6, 6.07) is 5.20. The second-order valence-corrected chi connectivity index (χ2v) is 2.38. The van der Waals surface area contributed by atoms with Gasteiger partial charge in [-0.3, -0.25) is 0 Å². The third-order valence-electron chi connectivity index (χ3n) is 1.76. The minimum atomic E-state index is -0.0978. The van der Waals surface area contributed by atoms with E-state index in [9.17, 15) is 4.39 Å². The van der Waals surface area contributed by atoms with E-state index in [0.29, 0.717) is 0 Å². The fraction of sp³-hybridized carbons (Fsp3) is 0.455. The normalized spacial score (nSPS) is 8.75. The van der Waals surface area contributed by atoms with Gasteiger partial charge in [0.15, 0.2) is 0 Å². The van der Waals surface area contributed by atoms with Crippen molar-refractivity contribution in [1.82, 2.24) is 0 Å². The zero-order valence-corrected chi connectivity index (χ0v) is 8.32. The summed E-state index contributed by atoms with van der Waals surface area (Å²) >= 11 is 0. The van der Waals surface area contributed by atoms with Crippen LogP contribution in [0.2, 0.25) is 0 Å². The van der Waals surface area contributed by atoms with Crippen LogP contribution in [0.1, 0.15) is 31.9 Å². The lowest BCUT2D eigenvalue weighted by atomic mass is 10.1. The van der Waals surface area contributed by atoms with Crippen molar-refractivity contribution >= 4 is 0 Å². The van der Waals surface area contributed by atoms with Crippen molar-refractivity contribution in [1.29, 1.82) is 0 Å². The van der Waals surface area contributed by atoms with E-state index >= 15 is 0 Å². The van der Waals surface area contributed by atoms with Crippen molar-refractivity contribution in [2.24, 2.45) is 0 Å². The van der Waals surface area contributed by atoms with Crippen LogP contribution in [0.5, 0.6) is 0 Å². The molecule has 0 radical (unpaired) electrons. The van der Waals surface area contributed by atoms with Gasteiger partial charge in [-0.1, -0.05) is 32.9 Å². The molecule has 0 unspecified atom stereocenters. The first-order chi connectivity index (χ1) is 5.75. The van der Waals surface area contributed by atoms with Gasteiger partial charge in [-0.15, -0.1) is 0 Å². The van der Waals surface area contributed by atoms with Crippen molar-refractivity contribution in [3.05, 3.63) is 35.1 Å². The average Bonchev–Trinajstić information content (AvgIpc) is 2.13. The maximum Gasteiger partial charge on any atom is 0.126 e. The molecular formula is C11H17F. The number of hydrogen-bond acceptors (Lipinski definition) is 0. The minimum absolute atomic E-state index is 0.0978. The van der Waals surface area contributed by atoms with Gasteiger partial charge in [0.2, 0.25) is 0 Å². The van der Waals surface area contributed by atoms with Gasteiger partial charge in [0.1, 0.15) is 5.82 Å². The maximum absolute atomic E-state index is 12.8. The minimum Gasteiger partial charge on any atom is -0.207 e. The van der Waals surface area contributed by atoms with E-state index in [4.69, 9.17) is 0 Å². The molecule has 0 aromatic heterocycles. The molecule has 12 heavy (non-hydrogen) atoms. The average molecular weight is 168 g/mol. The molecule has 1 rings (SSSR count). The predicted molar refractivity (Wildman–Crippen MR) is 51.9 cm³/mol. The summed E-state index contributed by atoms with van der Waals surface area (Å²) in [4.78, 5) is 0. The summed E-state index contributed by atoms with van der Waals surface area (Å²) in [5.41, 5.74) is 1.88. The monoisotopic (exact) mass is 168 g/mol. The molecular weight excluding hydrogens is 151 g/mol. The first-order valence-corrected chi connectivity index (χ1v) is 4.49. The van der Waals surface area contributed by atoms with Crippen LogP contribution in [0.25, 0.3) is 0 Å². The number of hydrogen-bond donors (Lipinski definition) is 0. The molecule has 0 saturated carbocycles. The molecule has 0 aliphatic heterocycles. The Kier molecular flexibility index (Phi) is 5.35. The standard InChI is InChI=1S/C9H11F.C2H6/c1-3-8-5-4-6-9(10)7(8)2;1-2/h4-6H,3H2,1-2H3;1-2H3. The highest BCUT2D eigenvalue weighted by atomic mass is 19.1. The third kappa shape index (κ3) is 2.65. The Hall–Kier alpha value is -0.850. The molecule has 0 aliphatic rings. The van der Waals surface area contributed by atoms with Crippen LogP contribution in [0.4, 0.5) is 4.39 Å². The van der Waals surface area contributed by atoms with Crippen molar-refractivity contribution in [2.45, 2.75) is 34.1 Å². The van der Waals surface area contributed by atoms with Crippen molar-refractivity contribution in [3.63, 3.8) is 0 Å². The van der Waals surface area contributed by atoms with Crippen LogP contribution in [0.15, 0.2) is 18.2 Å². The lowest BCUT2D eigenvalue weighted by Crippen LogP contribution is -1.89. The molecule has 0 heterocycles. The van der Waals surface area contributed by atoms with Gasteiger partial charge in [-0.25, -0.2) is 4.39 Å². The number of rotatable bonds is 1. The van der Waals surface area contributed by atoms with Crippen LogP contribution in [-0.2, 0) is 6.42 Å². The zero-order valence-electron chi connectivity index (χ0n) is 8.32. The topological polar surface area (TPSA) is 0 Å². The second-order valence-electron chi connectivity index (χ2n) is 2.38. The first kappa shape index (κ1) is 11.2. The highest BCUT2D eigenvalue weighted by molar-refractivity contribution is 5.26. The Morgan fingerprint density at radius 3 is 2.25 bits per heavy atom. The highest BCUT2D eigenvalue weighted by Crippen LogP contribution is 2.11. The summed E-state index contributed by atoms with van der Waals surface area (Å²) in [5.74, 6) is -0.0978. The van der Waals surface area contributed by atoms with Crippen LogP contribution in [-0.4, -0.2) is 0 Å². The molecule has 0 atom stereocenters. The van der Waals surface area contributed by atoms with Crippen molar-refractivity contribution in [2.75, 3.05) is 0 Å². The van der Waals surface area contributed by atoms with Crippen LogP contribution in [0.3, 0.4) is 0 Å². The van der Waals surface area contributed by atoms with Crippen LogP contribution < -0.4 is 0 Å².